The topological polar surface area (TPSA) is 48.5 Å². The van der Waals surface area contributed by atoms with E-state index in [9.17, 15) is 4.79 Å². The van der Waals surface area contributed by atoms with Gasteiger partial charge in [0.25, 0.3) is 0 Å². The van der Waals surface area contributed by atoms with E-state index in [0.29, 0.717) is 13.0 Å². The van der Waals surface area contributed by atoms with Crippen LogP contribution >= 0.6 is 0 Å². The molecule has 0 aliphatic carbocycles. The summed E-state index contributed by atoms with van der Waals surface area (Å²) in [4.78, 5) is 22.3. The third kappa shape index (κ3) is 5.87. The molecule has 1 unspecified atom stereocenters. The third-order valence-electron chi connectivity index (χ3n) is 6.08. The van der Waals surface area contributed by atoms with Crippen LogP contribution in [0.25, 0.3) is 0 Å². The van der Waals surface area contributed by atoms with Crippen LogP contribution in [0.1, 0.15) is 37.8 Å². The van der Waals surface area contributed by atoms with Gasteiger partial charge in [-0.1, -0.05) is 37.3 Å². The zero-order valence-corrected chi connectivity index (χ0v) is 18.0. The van der Waals surface area contributed by atoms with Gasteiger partial charge in [0.2, 0.25) is 5.91 Å². The number of pyridine rings is 1. The normalized spacial score (nSPS) is 17.1. The first-order valence-electron chi connectivity index (χ1n) is 10.7. The summed E-state index contributed by atoms with van der Waals surface area (Å²) in [5, 5.41) is 3.25. The van der Waals surface area contributed by atoms with Crippen LogP contribution in [-0.2, 0) is 11.2 Å². The van der Waals surface area contributed by atoms with Crippen molar-refractivity contribution in [2.45, 2.75) is 38.6 Å². The zero-order chi connectivity index (χ0) is 20.7. The molecule has 1 saturated heterocycles. The Balaban J connectivity index is 1.65. The van der Waals surface area contributed by atoms with Gasteiger partial charge in [0.1, 0.15) is 0 Å². The van der Waals surface area contributed by atoms with Gasteiger partial charge in [-0.3, -0.25) is 14.7 Å². The van der Waals surface area contributed by atoms with E-state index in [1.807, 2.05) is 42.5 Å². The van der Waals surface area contributed by atoms with Crippen molar-refractivity contribution in [3.63, 3.8) is 0 Å². The molecule has 3 rings (SSSR count). The van der Waals surface area contributed by atoms with E-state index in [1.54, 1.807) is 12.4 Å². The summed E-state index contributed by atoms with van der Waals surface area (Å²) in [6.07, 6.45) is 4.25. The molecule has 0 spiro atoms. The molecule has 0 saturated carbocycles. The summed E-state index contributed by atoms with van der Waals surface area (Å²) in [7, 11) is 0. The van der Waals surface area contributed by atoms with Gasteiger partial charge in [-0.25, -0.2) is 0 Å². The second-order valence-electron chi connectivity index (χ2n) is 8.47. The van der Waals surface area contributed by atoms with Gasteiger partial charge < -0.3 is 10.2 Å². The number of hydrogen-bond acceptors (Lipinski definition) is 4. The summed E-state index contributed by atoms with van der Waals surface area (Å²) in [6, 6.07) is 14.0. The van der Waals surface area contributed by atoms with Crippen LogP contribution in [0.4, 0.5) is 0 Å². The highest BCUT2D eigenvalue weighted by Crippen LogP contribution is 2.22. The molecule has 1 aromatic carbocycles. The number of nitrogens with zero attached hydrogens (tertiary/aromatic N) is 3. The SMILES string of the molecule is CCN1CCN(C(C)(C)CNC(=O)C(Cc2ccncc2)c2ccccc2)CC1. The van der Waals surface area contributed by atoms with Crippen molar-refractivity contribution >= 4 is 5.91 Å². The van der Waals surface area contributed by atoms with Crippen LogP contribution in [0, 0.1) is 0 Å². The Morgan fingerprint density at radius 2 is 1.72 bits per heavy atom. The number of nitrogens with one attached hydrogen (secondary N) is 1. The minimum atomic E-state index is -0.202. The molecule has 1 atom stereocenters. The molecule has 5 nitrogen and oxygen atoms in total. The van der Waals surface area contributed by atoms with Gasteiger partial charge in [-0.2, -0.15) is 0 Å². The number of carbonyl (C=O) groups excluding carboxylic acids is 1. The van der Waals surface area contributed by atoms with Crippen molar-refractivity contribution in [2.24, 2.45) is 0 Å². The minimum Gasteiger partial charge on any atom is -0.354 e. The fraction of sp³-hybridized carbons (Fsp3) is 0.500. The molecular weight excluding hydrogens is 360 g/mol. The summed E-state index contributed by atoms with van der Waals surface area (Å²) in [6.45, 7) is 12.7. The van der Waals surface area contributed by atoms with Crippen LogP contribution < -0.4 is 5.32 Å². The maximum Gasteiger partial charge on any atom is 0.227 e. The van der Waals surface area contributed by atoms with Crippen molar-refractivity contribution in [3.8, 4) is 0 Å². The highest BCUT2D eigenvalue weighted by Gasteiger charge is 2.31. The molecule has 0 radical (unpaired) electrons. The van der Waals surface area contributed by atoms with Crippen LogP contribution in [0.2, 0.25) is 0 Å². The number of amides is 1. The average Bonchev–Trinajstić information content (AvgIpc) is 2.77. The number of hydrogen-bond donors (Lipinski definition) is 1. The Hall–Kier alpha value is -2.24. The molecule has 1 amide bonds. The maximum atomic E-state index is 13.2. The zero-order valence-electron chi connectivity index (χ0n) is 18.0. The van der Waals surface area contributed by atoms with Crippen LogP contribution in [-0.4, -0.2) is 65.5 Å². The van der Waals surface area contributed by atoms with Crippen molar-refractivity contribution < 1.29 is 4.79 Å². The number of piperazine rings is 1. The molecule has 1 aliphatic heterocycles. The smallest absolute Gasteiger partial charge is 0.227 e. The third-order valence-corrected chi connectivity index (χ3v) is 6.08. The number of benzene rings is 1. The van der Waals surface area contributed by atoms with E-state index in [0.717, 1.165) is 43.9 Å². The van der Waals surface area contributed by atoms with E-state index >= 15 is 0 Å². The lowest BCUT2D eigenvalue weighted by Gasteiger charge is -2.44. The molecule has 0 bridgehead atoms. The lowest BCUT2D eigenvalue weighted by Crippen LogP contribution is -2.58. The molecule has 156 valence electrons. The number of rotatable bonds is 8. The Bertz CT molecular complexity index is 755. The predicted octanol–water partition coefficient (Wildman–Crippen LogP) is 2.94. The van der Waals surface area contributed by atoms with Gasteiger partial charge in [0.05, 0.1) is 5.92 Å². The first kappa shape index (κ1) is 21.5. The fourth-order valence-corrected chi connectivity index (χ4v) is 4.01. The van der Waals surface area contributed by atoms with Crippen molar-refractivity contribution in [3.05, 3.63) is 66.0 Å². The molecule has 2 heterocycles. The minimum absolute atomic E-state index is 0.0621. The maximum absolute atomic E-state index is 13.2. The fourth-order valence-electron chi connectivity index (χ4n) is 4.01. The lowest BCUT2D eigenvalue weighted by molar-refractivity contribution is -0.123. The molecule has 1 aliphatic rings. The van der Waals surface area contributed by atoms with E-state index in [2.05, 4.69) is 40.9 Å². The summed E-state index contributed by atoms with van der Waals surface area (Å²) < 4.78 is 0. The van der Waals surface area contributed by atoms with E-state index in [1.165, 1.54) is 0 Å². The molecule has 2 aromatic rings. The lowest BCUT2D eigenvalue weighted by atomic mass is 9.91. The van der Waals surface area contributed by atoms with Crippen LogP contribution in [0.5, 0.6) is 0 Å². The van der Waals surface area contributed by atoms with E-state index < -0.39 is 0 Å². The van der Waals surface area contributed by atoms with Gasteiger partial charge in [0, 0.05) is 50.7 Å². The molecule has 29 heavy (non-hydrogen) atoms. The van der Waals surface area contributed by atoms with Gasteiger partial charge in [0.15, 0.2) is 0 Å². The van der Waals surface area contributed by atoms with Crippen molar-refractivity contribution in [1.29, 1.82) is 0 Å². The summed E-state index contributed by atoms with van der Waals surface area (Å²) in [5.41, 5.74) is 2.11. The largest absolute Gasteiger partial charge is 0.354 e. The highest BCUT2D eigenvalue weighted by atomic mass is 16.1. The monoisotopic (exact) mass is 394 g/mol. The summed E-state index contributed by atoms with van der Waals surface area (Å²) >= 11 is 0. The Labute approximate surface area is 175 Å². The standard InChI is InChI=1S/C24H34N4O/c1-4-27-14-16-28(17-15-27)24(2,3)19-26-23(29)22(21-8-6-5-7-9-21)18-20-10-12-25-13-11-20/h5-13,22H,4,14-19H2,1-3H3,(H,26,29). The van der Waals surface area contributed by atoms with Gasteiger partial charge in [-0.15, -0.1) is 0 Å². The second-order valence-corrected chi connectivity index (χ2v) is 8.47. The van der Waals surface area contributed by atoms with E-state index in [-0.39, 0.29) is 17.4 Å². The molecule has 1 fully saturated rings. The summed E-state index contributed by atoms with van der Waals surface area (Å²) in [5.74, 6) is -0.111. The number of likely N-dealkylation sites (N-methyl/N-ethyl adjacent to an activating group) is 1. The predicted molar refractivity (Wildman–Crippen MR) is 118 cm³/mol. The number of carbonyl (C=O) groups is 1. The van der Waals surface area contributed by atoms with Crippen molar-refractivity contribution in [1.82, 2.24) is 20.1 Å². The average molecular weight is 395 g/mol. The Morgan fingerprint density at radius 1 is 1.07 bits per heavy atom. The first-order chi connectivity index (χ1) is 14.0. The Kier molecular flexibility index (Phi) is 7.40. The first-order valence-corrected chi connectivity index (χ1v) is 10.7. The quantitative estimate of drug-likeness (QED) is 0.748. The molecule has 5 heteroatoms. The van der Waals surface area contributed by atoms with Gasteiger partial charge >= 0.3 is 0 Å². The van der Waals surface area contributed by atoms with E-state index in [4.69, 9.17) is 0 Å². The van der Waals surface area contributed by atoms with Crippen LogP contribution in [0.3, 0.4) is 0 Å². The van der Waals surface area contributed by atoms with Crippen molar-refractivity contribution in [2.75, 3.05) is 39.3 Å². The molecule has 1 aromatic heterocycles. The molecule has 1 N–H and O–H groups in total. The number of aromatic nitrogens is 1. The van der Waals surface area contributed by atoms with Crippen LogP contribution in [0.15, 0.2) is 54.9 Å². The molecular formula is C24H34N4O. The Morgan fingerprint density at radius 3 is 2.34 bits per heavy atom. The van der Waals surface area contributed by atoms with Gasteiger partial charge in [-0.05, 0) is 50.1 Å². The second kappa shape index (κ2) is 9.99. The highest BCUT2D eigenvalue weighted by molar-refractivity contribution is 5.84.